The third-order valence-corrected chi connectivity index (χ3v) is 6.10. The van der Waals surface area contributed by atoms with Gasteiger partial charge in [0.2, 0.25) is 5.91 Å². The van der Waals surface area contributed by atoms with Gasteiger partial charge in [0.05, 0.1) is 12.1 Å². The van der Waals surface area contributed by atoms with Crippen molar-refractivity contribution in [2.75, 3.05) is 20.2 Å². The Bertz CT molecular complexity index is 716. The minimum Gasteiger partial charge on any atom is -0.497 e. The van der Waals surface area contributed by atoms with Crippen molar-refractivity contribution in [2.45, 2.75) is 31.1 Å². The van der Waals surface area contributed by atoms with E-state index in [4.69, 9.17) is 4.74 Å². The number of rotatable bonds is 4. The quantitative estimate of drug-likeness (QED) is 0.851. The van der Waals surface area contributed by atoms with Crippen molar-refractivity contribution in [2.24, 2.45) is 5.92 Å². The summed E-state index contributed by atoms with van der Waals surface area (Å²) in [6.07, 6.45) is 5.04. The molecule has 0 unspecified atom stereocenters. The first kappa shape index (κ1) is 15.6. The Kier molecular flexibility index (Phi) is 4.27. The van der Waals surface area contributed by atoms with Crippen LogP contribution in [0.25, 0.3) is 0 Å². The minimum atomic E-state index is 0.146. The van der Waals surface area contributed by atoms with Gasteiger partial charge in [0, 0.05) is 36.5 Å². The number of carbonyl (C=O) groups is 1. The molecule has 1 aromatic heterocycles. The number of ether oxygens (including phenoxy) is 1. The van der Waals surface area contributed by atoms with Gasteiger partial charge in [0.1, 0.15) is 5.75 Å². The van der Waals surface area contributed by atoms with E-state index in [1.807, 2.05) is 23.7 Å². The summed E-state index contributed by atoms with van der Waals surface area (Å²) in [4.78, 5) is 19.4. The molecule has 2 fully saturated rings. The van der Waals surface area contributed by atoms with Gasteiger partial charge >= 0.3 is 0 Å². The maximum Gasteiger partial charge on any atom is 0.226 e. The Morgan fingerprint density at radius 1 is 1.42 bits per heavy atom. The Morgan fingerprint density at radius 3 is 3.12 bits per heavy atom. The number of hydrogen-bond donors (Lipinski definition) is 0. The van der Waals surface area contributed by atoms with Gasteiger partial charge < -0.3 is 9.64 Å². The zero-order valence-electron chi connectivity index (χ0n) is 13.9. The number of carbonyl (C=O) groups excluding carboxylic acids is 1. The smallest absolute Gasteiger partial charge is 0.226 e. The molecule has 4 rings (SSSR count). The van der Waals surface area contributed by atoms with Crippen LogP contribution in [0, 0.1) is 5.92 Å². The number of likely N-dealkylation sites (tertiary alicyclic amines) is 1. The molecule has 2 aromatic rings. The highest BCUT2D eigenvalue weighted by Crippen LogP contribution is 2.49. The van der Waals surface area contributed by atoms with E-state index in [-0.39, 0.29) is 5.92 Å². The number of amides is 1. The van der Waals surface area contributed by atoms with Gasteiger partial charge in [0.25, 0.3) is 0 Å². The lowest BCUT2D eigenvalue weighted by molar-refractivity contribution is -0.133. The molecule has 24 heavy (non-hydrogen) atoms. The molecule has 0 radical (unpaired) electrons. The fraction of sp³-hybridized carbons (Fsp3) is 0.474. The summed E-state index contributed by atoms with van der Waals surface area (Å²) >= 11 is 1.71. The highest BCUT2D eigenvalue weighted by molar-refractivity contribution is 7.09. The molecular weight excluding hydrogens is 320 g/mol. The number of benzene rings is 1. The van der Waals surface area contributed by atoms with E-state index in [9.17, 15) is 4.79 Å². The predicted molar refractivity (Wildman–Crippen MR) is 94.5 cm³/mol. The van der Waals surface area contributed by atoms with E-state index >= 15 is 0 Å². The van der Waals surface area contributed by atoms with Gasteiger partial charge in [-0.15, -0.1) is 11.3 Å². The van der Waals surface area contributed by atoms with Gasteiger partial charge in [-0.25, -0.2) is 4.98 Å². The highest BCUT2D eigenvalue weighted by Gasteiger charge is 2.46. The molecule has 126 valence electrons. The van der Waals surface area contributed by atoms with Gasteiger partial charge in [-0.05, 0) is 42.9 Å². The number of piperidine rings is 1. The third-order valence-electron chi connectivity index (χ3n) is 5.16. The molecule has 0 bridgehead atoms. The van der Waals surface area contributed by atoms with Crippen LogP contribution in [0.15, 0.2) is 35.8 Å². The van der Waals surface area contributed by atoms with Crippen molar-refractivity contribution in [3.8, 4) is 5.75 Å². The first-order valence-corrected chi connectivity index (χ1v) is 9.46. The van der Waals surface area contributed by atoms with Crippen LogP contribution in [-0.2, 0) is 4.79 Å². The van der Waals surface area contributed by atoms with Gasteiger partial charge in [0.15, 0.2) is 0 Å². The van der Waals surface area contributed by atoms with Crippen LogP contribution < -0.4 is 4.74 Å². The lowest BCUT2D eigenvalue weighted by atomic mass is 9.98. The van der Waals surface area contributed by atoms with E-state index < -0.39 is 0 Å². The second-order valence-corrected chi connectivity index (χ2v) is 7.65. The number of thiazole rings is 1. The first-order valence-electron chi connectivity index (χ1n) is 8.58. The van der Waals surface area contributed by atoms with Gasteiger partial charge in [-0.3, -0.25) is 4.79 Å². The van der Waals surface area contributed by atoms with E-state index in [1.165, 1.54) is 10.6 Å². The normalized spacial score (nSPS) is 26.2. The molecule has 3 atom stereocenters. The summed E-state index contributed by atoms with van der Waals surface area (Å²) in [5.41, 5.74) is 1.22. The minimum absolute atomic E-state index is 0.146. The fourth-order valence-electron chi connectivity index (χ4n) is 3.76. The zero-order chi connectivity index (χ0) is 16.5. The molecule has 4 nitrogen and oxygen atoms in total. The van der Waals surface area contributed by atoms with Gasteiger partial charge in [-0.1, -0.05) is 12.1 Å². The summed E-state index contributed by atoms with van der Waals surface area (Å²) in [5.74, 6) is 2.10. The van der Waals surface area contributed by atoms with Crippen molar-refractivity contribution in [3.05, 3.63) is 46.4 Å². The predicted octanol–water partition coefficient (Wildman–Crippen LogP) is 3.66. The van der Waals surface area contributed by atoms with E-state index in [1.54, 1.807) is 18.4 Å². The van der Waals surface area contributed by atoms with Crippen LogP contribution in [0.5, 0.6) is 5.75 Å². The van der Waals surface area contributed by atoms with Crippen LogP contribution in [-0.4, -0.2) is 36.0 Å². The van der Waals surface area contributed by atoms with Crippen LogP contribution in [0.3, 0.4) is 0 Å². The molecule has 1 aliphatic carbocycles. The second kappa shape index (κ2) is 6.55. The molecule has 1 saturated carbocycles. The summed E-state index contributed by atoms with van der Waals surface area (Å²) in [6.45, 7) is 1.72. The topological polar surface area (TPSA) is 42.4 Å². The lowest BCUT2D eigenvalue weighted by Gasteiger charge is -2.32. The number of nitrogens with zero attached hydrogens (tertiary/aromatic N) is 2. The molecule has 1 amide bonds. The Balaban J connectivity index is 1.41. The third kappa shape index (κ3) is 3.05. The summed E-state index contributed by atoms with van der Waals surface area (Å²) in [7, 11) is 1.68. The summed E-state index contributed by atoms with van der Waals surface area (Å²) in [5, 5.41) is 3.20. The molecule has 5 heteroatoms. The molecule has 1 saturated heterocycles. The number of hydrogen-bond acceptors (Lipinski definition) is 4. The maximum absolute atomic E-state index is 12.9. The molecule has 2 heterocycles. The largest absolute Gasteiger partial charge is 0.497 e. The van der Waals surface area contributed by atoms with Crippen LogP contribution >= 0.6 is 11.3 Å². The number of aromatic nitrogens is 1. The number of methoxy groups -OCH3 is 1. The fourth-order valence-corrected chi connectivity index (χ4v) is 4.53. The molecule has 1 aliphatic heterocycles. The molecule has 1 aromatic carbocycles. The SMILES string of the molecule is COc1cccc([C@@H]2C[C@@H]2C(=O)N2CCC[C@@H](c3nccs3)C2)c1. The first-order chi connectivity index (χ1) is 11.8. The standard InChI is InChI=1S/C19H22N2O2S/c1-23-15-6-2-4-13(10-15)16-11-17(16)19(22)21-8-3-5-14(12-21)18-20-7-9-24-18/h2,4,6-7,9-10,14,16-17H,3,5,8,11-12H2,1H3/t14-,16+,17+/m1/s1. The Hall–Kier alpha value is -1.88. The van der Waals surface area contributed by atoms with E-state index in [0.29, 0.717) is 17.7 Å². The summed E-state index contributed by atoms with van der Waals surface area (Å²) < 4.78 is 5.30. The molecule has 0 spiro atoms. The molecule has 0 N–H and O–H groups in total. The van der Waals surface area contributed by atoms with E-state index in [0.717, 1.165) is 38.1 Å². The zero-order valence-corrected chi connectivity index (χ0v) is 14.7. The average Bonchev–Trinajstić information content (AvgIpc) is 3.25. The Morgan fingerprint density at radius 2 is 2.33 bits per heavy atom. The van der Waals surface area contributed by atoms with Crippen LogP contribution in [0.2, 0.25) is 0 Å². The van der Waals surface area contributed by atoms with Crippen molar-refractivity contribution < 1.29 is 9.53 Å². The lowest BCUT2D eigenvalue weighted by Crippen LogP contribution is -2.40. The van der Waals surface area contributed by atoms with Crippen molar-refractivity contribution in [3.63, 3.8) is 0 Å². The Labute approximate surface area is 146 Å². The monoisotopic (exact) mass is 342 g/mol. The maximum atomic E-state index is 12.9. The second-order valence-electron chi connectivity index (χ2n) is 6.72. The van der Waals surface area contributed by atoms with E-state index in [2.05, 4.69) is 22.0 Å². The highest BCUT2D eigenvalue weighted by atomic mass is 32.1. The molecule has 2 aliphatic rings. The van der Waals surface area contributed by atoms with Crippen LogP contribution in [0.1, 0.15) is 41.7 Å². The average molecular weight is 342 g/mol. The van der Waals surface area contributed by atoms with Crippen molar-refractivity contribution in [1.82, 2.24) is 9.88 Å². The van der Waals surface area contributed by atoms with Crippen molar-refractivity contribution >= 4 is 17.2 Å². The molecular formula is C19H22N2O2S. The summed E-state index contributed by atoms with van der Waals surface area (Å²) in [6, 6.07) is 8.13. The van der Waals surface area contributed by atoms with Crippen molar-refractivity contribution in [1.29, 1.82) is 0 Å². The van der Waals surface area contributed by atoms with Gasteiger partial charge in [-0.2, -0.15) is 0 Å². The van der Waals surface area contributed by atoms with Crippen LogP contribution in [0.4, 0.5) is 0 Å².